The van der Waals surface area contributed by atoms with Gasteiger partial charge in [-0.15, -0.1) is 0 Å². The molecule has 1 unspecified atom stereocenters. The maximum atomic E-state index is 12.2. The summed E-state index contributed by atoms with van der Waals surface area (Å²) >= 11 is 3.36. The van der Waals surface area contributed by atoms with Gasteiger partial charge in [0, 0.05) is 22.5 Å². The maximum absolute atomic E-state index is 12.2. The summed E-state index contributed by atoms with van der Waals surface area (Å²) in [5.74, 6) is -1.65. The number of H-pyrrole nitrogens is 1. The number of rotatable bonds is 5. The second kappa shape index (κ2) is 5.87. The lowest BCUT2D eigenvalue weighted by Crippen LogP contribution is -2.55. The minimum absolute atomic E-state index is 0.125. The van der Waals surface area contributed by atoms with Crippen LogP contribution in [0.1, 0.15) is 17.4 Å². The van der Waals surface area contributed by atoms with E-state index >= 15 is 0 Å². The molecule has 0 radical (unpaired) electrons. The van der Waals surface area contributed by atoms with Gasteiger partial charge < -0.3 is 20.1 Å². The second-order valence-corrected chi connectivity index (χ2v) is 5.85. The Bertz CT molecular complexity index is 697. The number of carboxylic acid groups (broad SMARTS) is 1. The van der Waals surface area contributed by atoms with E-state index in [-0.39, 0.29) is 6.61 Å². The van der Waals surface area contributed by atoms with Gasteiger partial charge in [-0.25, -0.2) is 4.79 Å². The fraction of sp³-hybridized carbons (Fsp3) is 0.286. The molecule has 1 heterocycles. The third-order valence-corrected chi connectivity index (χ3v) is 3.62. The molecule has 0 aliphatic heterocycles. The van der Waals surface area contributed by atoms with Crippen LogP contribution in [0.15, 0.2) is 28.7 Å². The van der Waals surface area contributed by atoms with Crippen molar-refractivity contribution in [3.8, 4) is 0 Å². The highest BCUT2D eigenvalue weighted by molar-refractivity contribution is 9.10. The third kappa shape index (κ3) is 3.25. The number of carbonyl (C=O) groups is 2. The van der Waals surface area contributed by atoms with Crippen LogP contribution in [-0.4, -0.2) is 41.2 Å². The van der Waals surface area contributed by atoms with E-state index in [4.69, 9.17) is 4.74 Å². The Labute approximate surface area is 129 Å². The van der Waals surface area contributed by atoms with E-state index in [1.165, 1.54) is 14.0 Å². The van der Waals surface area contributed by atoms with E-state index < -0.39 is 17.4 Å². The van der Waals surface area contributed by atoms with Gasteiger partial charge in [-0.05, 0) is 31.2 Å². The van der Waals surface area contributed by atoms with Crippen molar-refractivity contribution >= 4 is 38.7 Å². The van der Waals surface area contributed by atoms with Crippen molar-refractivity contribution in [1.29, 1.82) is 0 Å². The highest BCUT2D eigenvalue weighted by atomic mass is 79.9. The summed E-state index contributed by atoms with van der Waals surface area (Å²) in [6.45, 7) is 1.27. The van der Waals surface area contributed by atoms with Crippen molar-refractivity contribution in [1.82, 2.24) is 10.3 Å². The summed E-state index contributed by atoms with van der Waals surface area (Å²) in [5, 5.41) is 12.6. The topological polar surface area (TPSA) is 91.4 Å². The number of aliphatic carboxylic acids is 1. The fourth-order valence-electron chi connectivity index (χ4n) is 1.98. The highest BCUT2D eigenvalue weighted by Crippen LogP contribution is 2.20. The van der Waals surface area contributed by atoms with E-state index in [9.17, 15) is 14.7 Å². The zero-order valence-electron chi connectivity index (χ0n) is 11.6. The molecule has 0 aliphatic carbocycles. The van der Waals surface area contributed by atoms with Crippen LogP contribution in [0.5, 0.6) is 0 Å². The SMILES string of the molecule is COCC(C)(NC(=O)c1cc2cc(Br)ccc2[nH]1)C(=O)O. The van der Waals surface area contributed by atoms with E-state index in [2.05, 4.69) is 26.2 Å². The molecular weight excluding hydrogens is 340 g/mol. The number of hydrogen-bond acceptors (Lipinski definition) is 3. The zero-order chi connectivity index (χ0) is 15.6. The van der Waals surface area contributed by atoms with Crippen molar-refractivity contribution < 1.29 is 19.4 Å². The number of hydrogen-bond donors (Lipinski definition) is 3. The van der Waals surface area contributed by atoms with Crippen molar-refractivity contribution in [2.75, 3.05) is 13.7 Å². The lowest BCUT2D eigenvalue weighted by atomic mass is 10.0. The van der Waals surface area contributed by atoms with Crippen LogP contribution in [0.2, 0.25) is 0 Å². The van der Waals surface area contributed by atoms with Crippen LogP contribution in [-0.2, 0) is 9.53 Å². The standard InChI is InChI=1S/C14H15BrN2O4/c1-14(7-21-2,13(19)20)17-12(18)11-6-8-5-9(15)3-4-10(8)16-11/h3-6,16H,7H2,1-2H3,(H,17,18)(H,19,20). The van der Waals surface area contributed by atoms with Crippen LogP contribution < -0.4 is 5.32 Å². The molecule has 1 aromatic carbocycles. The average Bonchev–Trinajstić information content (AvgIpc) is 2.81. The first-order valence-electron chi connectivity index (χ1n) is 6.19. The Morgan fingerprint density at radius 3 is 2.76 bits per heavy atom. The third-order valence-electron chi connectivity index (χ3n) is 3.12. The zero-order valence-corrected chi connectivity index (χ0v) is 13.2. The number of fused-ring (bicyclic) bond motifs is 1. The molecule has 0 spiro atoms. The molecule has 1 amide bonds. The molecule has 0 bridgehead atoms. The molecule has 0 aliphatic rings. The summed E-state index contributed by atoms with van der Waals surface area (Å²) in [6.07, 6.45) is 0. The van der Waals surface area contributed by atoms with Crippen molar-refractivity contribution in [3.05, 3.63) is 34.4 Å². The number of aromatic nitrogens is 1. The average molecular weight is 355 g/mol. The summed E-state index contributed by atoms with van der Waals surface area (Å²) in [6, 6.07) is 7.23. The molecule has 0 saturated heterocycles. The Hall–Kier alpha value is -1.86. The van der Waals surface area contributed by atoms with Gasteiger partial charge in [0.1, 0.15) is 5.69 Å². The monoisotopic (exact) mass is 354 g/mol. The Morgan fingerprint density at radius 2 is 2.14 bits per heavy atom. The molecule has 112 valence electrons. The fourth-order valence-corrected chi connectivity index (χ4v) is 2.36. The van der Waals surface area contributed by atoms with E-state index in [0.717, 1.165) is 15.4 Å². The van der Waals surface area contributed by atoms with Gasteiger partial charge in [0.25, 0.3) is 5.91 Å². The number of carboxylic acids is 1. The summed E-state index contributed by atoms with van der Waals surface area (Å²) < 4.78 is 5.77. The first kappa shape index (κ1) is 15.5. The quantitative estimate of drug-likeness (QED) is 0.767. The van der Waals surface area contributed by atoms with E-state index in [1.807, 2.05) is 18.2 Å². The smallest absolute Gasteiger partial charge is 0.331 e. The number of carbonyl (C=O) groups excluding carboxylic acids is 1. The minimum Gasteiger partial charge on any atom is -0.479 e. The molecule has 1 aromatic heterocycles. The minimum atomic E-state index is -1.48. The van der Waals surface area contributed by atoms with Crippen LogP contribution >= 0.6 is 15.9 Å². The summed E-state index contributed by atoms with van der Waals surface area (Å²) in [4.78, 5) is 26.5. The number of halogens is 1. The lowest BCUT2D eigenvalue weighted by Gasteiger charge is -2.24. The molecule has 0 fully saturated rings. The molecule has 1 atom stereocenters. The number of nitrogens with one attached hydrogen (secondary N) is 2. The van der Waals surface area contributed by atoms with Crippen molar-refractivity contribution in [2.45, 2.75) is 12.5 Å². The lowest BCUT2D eigenvalue weighted by molar-refractivity contribution is -0.145. The number of methoxy groups -OCH3 is 1. The largest absolute Gasteiger partial charge is 0.479 e. The van der Waals surface area contributed by atoms with Crippen molar-refractivity contribution in [2.24, 2.45) is 0 Å². The van der Waals surface area contributed by atoms with Crippen LogP contribution in [0.4, 0.5) is 0 Å². The van der Waals surface area contributed by atoms with Gasteiger partial charge in [0.2, 0.25) is 0 Å². The number of benzene rings is 1. The van der Waals surface area contributed by atoms with Gasteiger partial charge in [-0.1, -0.05) is 15.9 Å². The van der Waals surface area contributed by atoms with Gasteiger partial charge in [0.15, 0.2) is 5.54 Å². The Kier molecular flexibility index (Phi) is 4.34. The molecule has 3 N–H and O–H groups in total. The molecule has 0 saturated carbocycles. The molecule has 2 rings (SSSR count). The maximum Gasteiger partial charge on any atom is 0.331 e. The van der Waals surface area contributed by atoms with Gasteiger partial charge in [-0.3, -0.25) is 4.79 Å². The van der Waals surface area contributed by atoms with Crippen LogP contribution in [0.3, 0.4) is 0 Å². The first-order chi connectivity index (χ1) is 9.85. The normalized spacial score (nSPS) is 13.9. The van der Waals surface area contributed by atoms with Gasteiger partial charge >= 0.3 is 5.97 Å². The van der Waals surface area contributed by atoms with Gasteiger partial charge in [-0.2, -0.15) is 0 Å². The molecule has 7 heteroatoms. The van der Waals surface area contributed by atoms with Crippen LogP contribution in [0, 0.1) is 0 Å². The van der Waals surface area contributed by atoms with E-state index in [1.54, 1.807) is 6.07 Å². The predicted molar refractivity (Wildman–Crippen MR) is 81.4 cm³/mol. The van der Waals surface area contributed by atoms with Crippen molar-refractivity contribution in [3.63, 3.8) is 0 Å². The number of aromatic amines is 1. The number of amides is 1. The molecular formula is C14H15BrN2O4. The predicted octanol–water partition coefficient (Wildman–Crippen LogP) is 2.15. The second-order valence-electron chi connectivity index (χ2n) is 4.94. The highest BCUT2D eigenvalue weighted by Gasteiger charge is 2.35. The Morgan fingerprint density at radius 1 is 1.43 bits per heavy atom. The molecule has 21 heavy (non-hydrogen) atoms. The Balaban J connectivity index is 2.27. The van der Waals surface area contributed by atoms with E-state index in [0.29, 0.717) is 5.69 Å². The molecule has 2 aromatic rings. The summed E-state index contributed by atoms with van der Waals surface area (Å²) in [5.41, 5.74) is -0.386. The first-order valence-corrected chi connectivity index (χ1v) is 6.98. The van der Waals surface area contributed by atoms with Gasteiger partial charge in [0.05, 0.1) is 6.61 Å². The van der Waals surface area contributed by atoms with Crippen LogP contribution in [0.25, 0.3) is 10.9 Å². The summed E-state index contributed by atoms with van der Waals surface area (Å²) in [7, 11) is 1.38. The molecule has 6 nitrogen and oxygen atoms in total. The number of ether oxygens (including phenoxy) is 1.